The van der Waals surface area contributed by atoms with Gasteiger partial charge in [-0.3, -0.25) is 4.79 Å². The van der Waals surface area contributed by atoms with Gasteiger partial charge in [0.2, 0.25) is 0 Å². The second kappa shape index (κ2) is 5.68. The van der Waals surface area contributed by atoms with Crippen LogP contribution in [0.3, 0.4) is 0 Å². The van der Waals surface area contributed by atoms with Crippen molar-refractivity contribution >= 4 is 23.2 Å². The first kappa shape index (κ1) is 14.0. The van der Waals surface area contributed by atoms with Crippen LogP contribution in [0.1, 0.15) is 15.9 Å². The van der Waals surface area contributed by atoms with E-state index in [1.807, 2.05) is 6.07 Å². The molecule has 0 unspecified atom stereocenters. The van der Waals surface area contributed by atoms with Gasteiger partial charge in [0.05, 0.1) is 22.2 Å². The summed E-state index contributed by atoms with van der Waals surface area (Å²) in [6.45, 7) is 0. The first-order chi connectivity index (χ1) is 9.51. The Hall–Kier alpha value is -2.45. The largest absolute Gasteiger partial charge is 0.322 e. The Labute approximate surface area is 118 Å². The summed E-state index contributed by atoms with van der Waals surface area (Å²) in [5, 5.41) is 10.6. The number of nitrogens with zero attached hydrogens (tertiary/aromatic N) is 1. The van der Waals surface area contributed by atoms with Gasteiger partial charge in [-0.25, -0.2) is 8.78 Å². The molecule has 0 atom stereocenters. The Morgan fingerprint density at radius 1 is 1.15 bits per heavy atom. The molecule has 0 bridgehead atoms. The topological polar surface area (TPSA) is 52.9 Å². The van der Waals surface area contributed by atoms with Crippen LogP contribution in [0.25, 0.3) is 0 Å². The first-order valence-corrected chi connectivity index (χ1v) is 5.85. The number of amides is 1. The highest BCUT2D eigenvalue weighted by Crippen LogP contribution is 2.20. The van der Waals surface area contributed by atoms with Crippen molar-refractivity contribution in [1.82, 2.24) is 0 Å². The molecule has 0 fully saturated rings. The number of carbonyl (C=O) groups excluding carboxylic acids is 1. The van der Waals surface area contributed by atoms with Crippen LogP contribution in [-0.2, 0) is 0 Å². The molecule has 0 aliphatic rings. The maximum Gasteiger partial charge on any atom is 0.258 e. The summed E-state index contributed by atoms with van der Waals surface area (Å²) in [5.74, 6) is -2.59. The monoisotopic (exact) mass is 292 g/mol. The Morgan fingerprint density at radius 2 is 1.80 bits per heavy atom. The molecule has 0 aliphatic heterocycles. The lowest BCUT2D eigenvalue weighted by Crippen LogP contribution is -2.14. The minimum absolute atomic E-state index is 0.365. The van der Waals surface area contributed by atoms with Crippen LogP contribution in [0.15, 0.2) is 36.4 Å². The average Bonchev–Trinajstić information content (AvgIpc) is 2.43. The predicted octanol–water partition coefficient (Wildman–Crippen LogP) is 3.74. The van der Waals surface area contributed by atoms with Gasteiger partial charge in [0.15, 0.2) is 0 Å². The molecule has 0 saturated carbocycles. The molecule has 0 aliphatic carbocycles. The van der Waals surface area contributed by atoms with Crippen molar-refractivity contribution in [3.8, 4) is 6.07 Å². The van der Waals surface area contributed by atoms with Crippen LogP contribution in [0.2, 0.25) is 5.02 Å². The fourth-order valence-electron chi connectivity index (χ4n) is 1.52. The highest BCUT2D eigenvalue weighted by molar-refractivity contribution is 6.30. The minimum atomic E-state index is -0.914. The van der Waals surface area contributed by atoms with Crippen molar-refractivity contribution in [1.29, 1.82) is 5.26 Å². The summed E-state index contributed by atoms with van der Waals surface area (Å²) in [6, 6.07) is 9.36. The molecule has 20 heavy (non-hydrogen) atoms. The zero-order valence-electron chi connectivity index (χ0n) is 9.95. The van der Waals surface area contributed by atoms with Gasteiger partial charge >= 0.3 is 0 Å². The standard InChI is InChI=1S/C14H7ClF2N2O/c15-11-6-12(16)10(5-13(11)17)14(20)19-9-3-1-8(7-18)2-4-9/h1-6H,(H,19,20). The molecule has 0 radical (unpaired) electrons. The zero-order chi connectivity index (χ0) is 14.7. The molecule has 6 heteroatoms. The number of halogens is 3. The predicted molar refractivity (Wildman–Crippen MR) is 70.5 cm³/mol. The quantitative estimate of drug-likeness (QED) is 0.857. The third-order valence-electron chi connectivity index (χ3n) is 2.53. The van der Waals surface area contributed by atoms with Gasteiger partial charge in [0.1, 0.15) is 11.6 Å². The van der Waals surface area contributed by atoms with Crippen LogP contribution in [-0.4, -0.2) is 5.91 Å². The average molecular weight is 293 g/mol. The van der Waals surface area contributed by atoms with Crippen molar-refractivity contribution in [2.45, 2.75) is 0 Å². The van der Waals surface area contributed by atoms with E-state index >= 15 is 0 Å². The summed E-state index contributed by atoms with van der Waals surface area (Å²) in [4.78, 5) is 11.8. The second-order valence-electron chi connectivity index (χ2n) is 3.89. The molecule has 100 valence electrons. The first-order valence-electron chi connectivity index (χ1n) is 5.47. The zero-order valence-corrected chi connectivity index (χ0v) is 10.7. The van der Waals surface area contributed by atoms with Crippen molar-refractivity contribution in [3.63, 3.8) is 0 Å². The smallest absolute Gasteiger partial charge is 0.258 e. The van der Waals surface area contributed by atoms with Gasteiger partial charge in [-0.1, -0.05) is 11.6 Å². The maximum absolute atomic E-state index is 13.5. The van der Waals surface area contributed by atoms with Gasteiger partial charge in [0.25, 0.3) is 5.91 Å². The van der Waals surface area contributed by atoms with Crippen LogP contribution < -0.4 is 5.32 Å². The van der Waals surface area contributed by atoms with E-state index in [0.29, 0.717) is 11.3 Å². The molecule has 1 amide bonds. The maximum atomic E-state index is 13.5. The number of nitrogens with one attached hydrogen (secondary N) is 1. The van der Waals surface area contributed by atoms with Crippen molar-refractivity contribution < 1.29 is 13.6 Å². The third kappa shape index (κ3) is 2.92. The molecule has 2 rings (SSSR count). The van der Waals surface area contributed by atoms with E-state index in [-0.39, 0.29) is 0 Å². The summed E-state index contributed by atoms with van der Waals surface area (Å²) in [7, 11) is 0. The van der Waals surface area contributed by atoms with E-state index in [0.717, 1.165) is 12.1 Å². The highest BCUT2D eigenvalue weighted by Gasteiger charge is 2.15. The van der Waals surface area contributed by atoms with Crippen molar-refractivity contribution in [2.75, 3.05) is 5.32 Å². The minimum Gasteiger partial charge on any atom is -0.322 e. The van der Waals surface area contributed by atoms with Crippen LogP contribution in [0.4, 0.5) is 14.5 Å². The van der Waals surface area contributed by atoms with E-state index in [4.69, 9.17) is 16.9 Å². The molecule has 0 heterocycles. The third-order valence-corrected chi connectivity index (χ3v) is 2.82. The molecule has 0 spiro atoms. The fraction of sp³-hybridized carbons (Fsp3) is 0. The van der Waals surface area contributed by atoms with E-state index in [1.165, 1.54) is 24.3 Å². The molecule has 3 nitrogen and oxygen atoms in total. The molecule has 2 aromatic carbocycles. The van der Waals surface area contributed by atoms with E-state index in [2.05, 4.69) is 5.32 Å². The van der Waals surface area contributed by atoms with Gasteiger partial charge in [-0.2, -0.15) is 5.26 Å². The summed E-state index contributed by atoms with van der Waals surface area (Å²) < 4.78 is 26.8. The van der Waals surface area contributed by atoms with Crippen molar-refractivity contribution in [3.05, 3.63) is 64.2 Å². The molecule has 1 N–H and O–H groups in total. The Morgan fingerprint density at radius 3 is 2.40 bits per heavy atom. The lowest BCUT2D eigenvalue weighted by molar-refractivity contribution is 0.102. The second-order valence-corrected chi connectivity index (χ2v) is 4.30. The lowest BCUT2D eigenvalue weighted by Gasteiger charge is -2.07. The summed E-state index contributed by atoms with van der Waals surface area (Å²) >= 11 is 5.41. The number of anilines is 1. The van der Waals surface area contributed by atoms with Gasteiger partial charge in [-0.15, -0.1) is 0 Å². The number of carbonyl (C=O) groups is 1. The lowest BCUT2D eigenvalue weighted by atomic mass is 10.1. The Balaban J connectivity index is 2.24. The molecule has 0 aromatic heterocycles. The normalized spacial score (nSPS) is 9.90. The van der Waals surface area contributed by atoms with Gasteiger partial charge in [0, 0.05) is 5.69 Å². The number of rotatable bonds is 2. The molecular formula is C14H7ClF2N2O. The molecule has 0 saturated heterocycles. The molecule has 2 aromatic rings. The van der Waals surface area contributed by atoms with Crippen LogP contribution >= 0.6 is 11.6 Å². The highest BCUT2D eigenvalue weighted by atomic mass is 35.5. The summed E-state index contributed by atoms with van der Waals surface area (Å²) in [6.07, 6.45) is 0. The van der Waals surface area contributed by atoms with Crippen LogP contribution in [0, 0.1) is 23.0 Å². The Bertz CT molecular complexity index is 708. The van der Waals surface area contributed by atoms with E-state index in [1.54, 1.807) is 0 Å². The SMILES string of the molecule is N#Cc1ccc(NC(=O)c2cc(F)c(Cl)cc2F)cc1. The number of hydrogen-bond acceptors (Lipinski definition) is 2. The van der Waals surface area contributed by atoms with E-state index in [9.17, 15) is 13.6 Å². The number of nitriles is 1. The Kier molecular flexibility index (Phi) is 3.97. The summed E-state index contributed by atoms with van der Waals surface area (Å²) in [5.41, 5.74) is 0.340. The van der Waals surface area contributed by atoms with Crippen molar-refractivity contribution in [2.24, 2.45) is 0 Å². The van der Waals surface area contributed by atoms with Gasteiger partial charge in [-0.05, 0) is 36.4 Å². The number of hydrogen-bond donors (Lipinski definition) is 1. The molecular weight excluding hydrogens is 286 g/mol. The van der Waals surface area contributed by atoms with Crippen LogP contribution in [0.5, 0.6) is 0 Å². The van der Waals surface area contributed by atoms with Gasteiger partial charge < -0.3 is 5.32 Å². The number of benzene rings is 2. The van der Waals surface area contributed by atoms with E-state index < -0.39 is 28.1 Å². The fourth-order valence-corrected chi connectivity index (χ4v) is 1.67.